The predicted molar refractivity (Wildman–Crippen MR) is 126 cm³/mol. The molecule has 0 amide bonds. The van der Waals surface area contributed by atoms with E-state index >= 15 is 0 Å². The molecule has 0 saturated heterocycles. The summed E-state index contributed by atoms with van der Waals surface area (Å²) in [4.78, 5) is 12.4. The third kappa shape index (κ3) is 4.70. The highest BCUT2D eigenvalue weighted by atomic mass is 16.4. The van der Waals surface area contributed by atoms with Gasteiger partial charge in [-0.2, -0.15) is 0 Å². The molecule has 0 aliphatic heterocycles. The number of hydrogen-bond donors (Lipinski definition) is 2. The first-order chi connectivity index (χ1) is 15.2. The summed E-state index contributed by atoms with van der Waals surface area (Å²) in [7, 11) is 0. The van der Waals surface area contributed by atoms with Crippen LogP contribution in [0.2, 0.25) is 0 Å². The minimum Gasteiger partial charge on any atom is -0.477 e. The van der Waals surface area contributed by atoms with Crippen molar-refractivity contribution >= 4 is 16.9 Å². The van der Waals surface area contributed by atoms with E-state index in [1.807, 2.05) is 65.2 Å². The maximum absolute atomic E-state index is 12.4. The molecule has 0 fully saturated rings. The lowest BCUT2D eigenvalue weighted by molar-refractivity contribution is 0.0684. The third-order valence-electron chi connectivity index (χ3n) is 5.85. The molecular formula is C27H28N2O2. The van der Waals surface area contributed by atoms with Crippen LogP contribution in [0.15, 0.2) is 84.9 Å². The molecule has 0 aliphatic carbocycles. The summed E-state index contributed by atoms with van der Waals surface area (Å²) in [6.07, 6.45) is 1.89. The smallest absolute Gasteiger partial charge is 0.352 e. The summed E-state index contributed by atoms with van der Waals surface area (Å²) in [5.74, 6) is -0.889. The van der Waals surface area contributed by atoms with Gasteiger partial charge in [-0.15, -0.1) is 0 Å². The second-order valence-corrected chi connectivity index (χ2v) is 7.90. The summed E-state index contributed by atoms with van der Waals surface area (Å²) in [6.45, 7) is 3.22. The Morgan fingerprint density at radius 1 is 0.903 bits per heavy atom. The minimum absolute atomic E-state index is 0.278. The molecule has 4 heteroatoms. The Hall–Kier alpha value is -3.37. The Morgan fingerprint density at radius 3 is 2.16 bits per heavy atom. The number of aromatic carboxylic acids is 1. The van der Waals surface area contributed by atoms with Crippen LogP contribution in [0.3, 0.4) is 0 Å². The number of hydrogen-bond acceptors (Lipinski definition) is 2. The highest BCUT2D eigenvalue weighted by molar-refractivity contribution is 5.98. The van der Waals surface area contributed by atoms with Crippen molar-refractivity contribution in [1.82, 2.24) is 9.88 Å². The van der Waals surface area contributed by atoms with Crippen LogP contribution < -0.4 is 5.32 Å². The topological polar surface area (TPSA) is 54.3 Å². The monoisotopic (exact) mass is 412 g/mol. The lowest BCUT2D eigenvalue weighted by atomic mass is 10.0. The summed E-state index contributed by atoms with van der Waals surface area (Å²) < 4.78 is 1.93. The zero-order chi connectivity index (χ0) is 21.6. The number of carboxylic acid groups (broad SMARTS) is 1. The number of carbonyl (C=O) groups is 1. The Bertz CT molecular complexity index is 1150. The van der Waals surface area contributed by atoms with Gasteiger partial charge in [-0.25, -0.2) is 4.79 Å². The van der Waals surface area contributed by atoms with Crippen LogP contribution in [0.5, 0.6) is 0 Å². The summed E-state index contributed by atoms with van der Waals surface area (Å²) in [6, 6.07) is 28.7. The average Bonchev–Trinajstić information content (AvgIpc) is 3.11. The van der Waals surface area contributed by atoms with Crippen molar-refractivity contribution in [1.29, 1.82) is 0 Å². The number of fused-ring (bicyclic) bond motifs is 1. The van der Waals surface area contributed by atoms with E-state index in [1.54, 1.807) is 0 Å². The molecular weight excluding hydrogens is 384 g/mol. The molecule has 158 valence electrons. The normalized spacial score (nSPS) is 12.2. The molecule has 0 radical (unpaired) electrons. The fraction of sp³-hybridized carbons (Fsp3) is 0.222. The van der Waals surface area contributed by atoms with Crippen molar-refractivity contribution in [2.45, 2.75) is 38.9 Å². The van der Waals surface area contributed by atoms with Gasteiger partial charge in [0.1, 0.15) is 5.69 Å². The molecule has 0 spiro atoms. The molecule has 1 unspecified atom stereocenters. The number of carboxylic acids is 1. The molecule has 1 heterocycles. The van der Waals surface area contributed by atoms with Crippen LogP contribution in [0, 0.1) is 0 Å². The van der Waals surface area contributed by atoms with E-state index in [4.69, 9.17) is 0 Å². The van der Waals surface area contributed by atoms with Crippen LogP contribution in [0.25, 0.3) is 10.9 Å². The number of rotatable bonds is 9. The van der Waals surface area contributed by atoms with Gasteiger partial charge in [-0.05, 0) is 30.0 Å². The lowest BCUT2D eigenvalue weighted by Crippen LogP contribution is -2.30. The fourth-order valence-corrected chi connectivity index (χ4v) is 4.23. The number of nitrogens with zero attached hydrogens (tertiary/aromatic N) is 1. The molecule has 4 nitrogen and oxygen atoms in total. The van der Waals surface area contributed by atoms with E-state index in [2.05, 4.69) is 36.5 Å². The van der Waals surface area contributed by atoms with E-state index < -0.39 is 5.97 Å². The number of para-hydroxylation sites is 1. The molecule has 2 N–H and O–H groups in total. The maximum atomic E-state index is 12.4. The van der Waals surface area contributed by atoms with Crippen LogP contribution in [0.4, 0.5) is 0 Å². The largest absolute Gasteiger partial charge is 0.477 e. The summed E-state index contributed by atoms with van der Waals surface area (Å²) >= 11 is 0. The predicted octanol–water partition coefficient (Wildman–Crippen LogP) is 5.50. The van der Waals surface area contributed by atoms with Gasteiger partial charge in [-0.3, -0.25) is 0 Å². The fourth-order valence-electron chi connectivity index (χ4n) is 4.23. The first-order valence-electron chi connectivity index (χ1n) is 10.8. The molecule has 0 bridgehead atoms. The van der Waals surface area contributed by atoms with Crippen LogP contribution in [-0.2, 0) is 19.5 Å². The molecule has 0 aliphatic rings. The van der Waals surface area contributed by atoms with Crippen molar-refractivity contribution in [3.63, 3.8) is 0 Å². The zero-order valence-electron chi connectivity index (χ0n) is 17.8. The van der Waals surface area contributed by atoms with Crippen molar-refractivity contribution in [3.05, 3.63) is 107 Å². The second-order valence-electron chi connectivity index (χ2n) is 7.90. The van der Waals surface area contributed by atoms with Gasteiger partial charge in [0.05, 0.1) is 0 Å². The van der Waals surface area contributed by atoms with Gasteiger partial charge in [-0.1, -0.05) is 85.8 Å². The maximum Gasteiger partial charge on any atom is 0.352 e. The quantitative estimate of drug-likeness (QED) is 0.382. The molecule has 4 aromatic rings. The van der Waals surface area contributed by atoms with Gasteiger partial charge < -0.3 is 15.0 Å². The van der Waals surface area contributed by atoms with Gasteiger partial charge >= 0.3 is 5.97 Å². The van der Waals surface area contributed by atoms with Gasteiger partial charge in [0, 0.05) is 35.6 Å². The molecule has 0 saturated carbocycles. The average molecular weight is 413 g/mol. The van der Waals surface area contributed by atoms with Crippen molar-refractivity contribution in [2.24, 2.45) is 0 Å². The molecule has 31 heavy (non-hydrogen) atoms. The first-order valence-corrected chi connectivity index (χ1v) is 10.8. The summed E-state index contributed by atoms with van der Waals surface area (Å²) in [5, 5.41) is 14.8. The minimum atomic E-state index is -0.889. The molecule has 4 rings (SSSR count). The first kappa shape index (κ1) is 20.9. The highest BCUT2D eigenvalue weighted by Gasteiger charge is 2.22. The van der Waals surface area contributed by atoms with E-state index in [9.17, 15) is 9.90 Å². The molecule has 1 atom stereocenters. The number of aromatic nitrogens is 1. The van der Waals surface area contributed by atoms with E-state index in [1.165, 1.54) is 5.56 Å². The Kier molecular flexibility index (Phi) is 6.48. The van der Waals surface area contributed by atoms with Gasteiger partial charge in [0.2, 0.25) is 0 Å². The Morgan fingerprint density at radius 2 is 1.52 bits per heavy atom. The SMILES string of the molecule is CCC(Cc1ccccc1)NCc1c(C(=O)O)n(Cc2ccccc2)c2ccccc12. The molecule has 3 aromatic carbocycles. The molecule has 1 aromatic heterocycles. The van der Waals surface area contributed by atoms with Crippen molar-refractivity contribution in [2.75, 3.05) is 0 Å². The summed E-state index contributed by atoms with van der Waals surface area (Å²) in [5.41, 5.74) is 4.54. The van der Waals surface area contributed by atoms with Gasteiger partial charge in [0.25, 0.3) is 0 Å². The number of benzene rings is 3. The van der Waals surface area contributed by atoms with Crippen LogP contribution >= 0.6 is 0 Å². The Balaban J connectivity index is 1.66. The van der Waals surface area contributed by atoms with Crippen LogP contribution in [-0.4, -0.2) is 21.7 Å². The lowest BCUT2D eigenvalue weighted by Gasteiger charge is -2.17. The highest BCUT2D eigenvalue weighted by Crippen LogP contribution is 2.28. The van der Waals surface area contributed by atoms with E-state index in [0.717, 1.165) is 34.9 Å². The van der Waals surface area contributed by atoms with E-state index in [-0.39, 0.29) is 6.04 Å². The zero-order valence-corrected chi connectivity index (χ0v) is 17.8. The van der Waals surface area contributed by atoms with Crippen LogP contribution in [0.1, 0.15) is 40.5 Å². The van der Waals surface area contributed by atoms with Crippen molar-refractivity contribution in [3.8, 4) is 0 Å². The number of nitrogens with one attached hydrogen (secondary N) is 1. The van der Waals surface area contributed by atoms with Crippen molar-refractivity contribution < 1.29 is 9.90 Å². The second kappa shape index (κ2) is 9.63. The van der Waals surface area contributed by atoms with Gasteiger partial charge in [0.15, 0.2) is 0 Å². The Labute approximate surface area is 183 Å². The standard InChI is InChI=1S/C27H28N2O2/c1-2-22(17-20-11-5-3-6-12-20)28-18-24-23-15-9-10-16-25(23)29(26(24)27(30)31)19-21-13-7-4-8-14-21/h3-16,22,28H,2,17-19H2,1H3,(H,30,31). The third-order valence-corrected chi connectivity index (χ3v) is 5.85. The van der Waals surface area contributed by atoms with E-state index in [0.29, 0.717) is 18.8 Å².